The predicted octanol–water partition coefficient (Wildman–Crippen LogP) is 2.74. The molecule has 0 aliphatic carbocycles. The maximum atomic E-state index is 13.1. The number of rotatable bonds is 3. The summed E-state index contributed by atoms with van der Waals surface area (Å²) >= 11 is 9.54. The van der Waals surface area contributed by atoms with Crippen LogP contribution in [-0.2, 0) is 4.79 Å². The minimum absolute atomic E-state index is 0.101. The van der Waals surface area contributed by atoms with Gasteiger partial charge in [-0.2, -0.15) is 12.6 Å². The first-order valence-electron chi connectivity index (χ1n) is 3.99. The summed E-state index contributed by atoms with van der Waals surface area (Å²) in [5.74, 6) is -0.350. The third-order valence-electron chi connectivity index (χ3n) is 1.54. The Kier molecular flexibility index (Phi) is 4.22. The van der Waals surface area contributed by atoms with Gasteiger partial charge in [-0.3, -0.25) is 4.79 Å². The number of carbonyl (C=O) groups excluding carboxylic acids is 1. The van der Waals surface area contributed by atoms with E-state index in [9.17, 15) is 9.18 Å². The number of carbonyl (C=O) groups is 1. The highest BCUT2D eigenvalue weighted by atomic mass is 35.5. The van der Waals surface area contributed by atoms with Crippen molar-refractivity contribution in [1.82, 2.24) is 0 Å². The van der Waals surface area contributed by atoms with Crippen LogP contribution >= 0.6 is 24.2 Å². The molecule has 0 saturated heterocycles. The zero-order valence-electron chi connectivity index (χ0n) is 7.26. The van der Waals surface area contributed by atoms with E-state index in [0.29, 0.717) is 10.8 Å². The highest BCUT2D eigenvalue weighted by molar-refractivity contribution is 7.80. The van der Waals surface area contributed by atoms with E-state index in [1.807, 2.05) is 0 Å². The Bertz CT molecular complexity index is 346. The van der Waals surface area contributed by atoms with Gasteiger partial charge in [-0.15, -0.1) is 0 Å². The summed E-state index contributed by atoms with van der Waals surface area (Å²) in [4.78, 5) is 11.1. The molecule has 0 bridgehead atoms. The van der Waals surface area contributed by atoms with Crippen molar-refractivity contribution in [3.05, 3.63) is 29.0 Å². The molecule has 0 fully saturated rings. The number of anilines is 1. The monoisotopic (exact) mass is 233 g/mol. The van der Waals surface area contributed by atoms with Gasteiger partial charge < -0.3 is 5.32 Å². The van der Waals surface area contributed by atoms with E-state index in [1.165, 1.54) is 18.2 Å². The van der Waals surface area contributed by atoms with Gasteiger partial charge in [0.2, 0.25) is 5.91 Å². The lowest BCUT2D eigenvalue weighted by Gasteiger charge is -2.05. The summed E-state index contributed by atoms with van der Waals surface area (Å²) in [6.07, 6.45) is 0.245. The average Bonchev–Trinajstić information content (AvgIpc) is 2.12. The molecule has 76 valence electrons. The quantitative estimate of drug-likeness (QED) is 0.773. The molecule has 0 aromatic heterocycles. The van der Waals surface area contributed by atoms with E-state index in [4.69, 9.17) is 11.6 Å². The molecule has 1 amide bonds. The van der Waals surface area contributed by atoms with Crippen molar-refractivity contribution < 1.29 is 9.18 Å². The summed E-state index contributed by atoms with van der Waals surface area (Å²) in [5.41, 5.74) is 0.101. The Balaban J connectivity index is 2.75. The maximum absolute atomic E-state index is 13.1. The molecule has 0 aliphatic rings. The van der Waals surface area contributed by atoms with Crippen LogP contribution in [0, 0.1) is 5.82 Å². The first-order valence-corrected chi connectivity index (χ1v) is 5.00. The average molecular weight is 234 g/mol. The second kappa shape index (κ2) is 5.22. The molecule has 0 aliphatic heterocycles. The molecule has 0 unspecified atom stereocenters. The number of benzene rings is 1. The summed E-state index contributed by atoms with van der Waals surface area (Å²) < 4.78 is 13.1. The summed E-state index contributed by atoms with van der Waals surface area (Å²) in [6.45, 7) is 0. The molecule has 0 heterocycles. The van der Waals surface area contributed by atoms with Gasteiger partial charge in [0, 0.05) is 11.4 Å². The lowest BCUT2D eigenvalue weighted by atomic mass is 10.3. The second-order valence-electron chi connectivity index (χ2n) is 2.65. The first kappa shape index (κ1) is 11.3. The predicted molar refractivity (Wildman–Crippen MR) is 58.5 cm³/mol. The Morgan fingerprint density at radius 2 is 2.29 bits per heavy atom. The van der Waals surface area contributed by atoms with Crippen LogP contribution in [0.25, 0.3) is 0 Å². The summed E-state index contributed by atoms with van der Waals surface area (Å²) in [6, 6.07) is 4.00. The van der Waals surface area contributed by atoms with E-state index >= 15 is 0 Å². The van der Waals surface area contributed by atoms with Crippen molar-refractivity contribution >= 4 is 35.8 Å². The SMILES string of the molecule is O=C(CCS)Nc1cc(Cl)ccc1F. The smallest absolute Gasteiger partial charge is 0.225 e. The van der Waals surface area contributed by atoms with Gasteiger partial charge in [-0.1, -0.05) is 11.6 Å². The van der Waals surface area contributed by atoms with Gasteiger partial charge in [0.05, 0.1) is 5.69 Å². The van der Waals surface area contributed by atoms with Crippen LogP contribution < -0.4 is 5.32 Å². The fourth-order valence-electron chi connectivity index (χ4n) is 0.908. The molecule has 0 atom stereocenters. The number of hydrogen-bond acceptors (Lipinski definition) is 2. The van der Waals surface area contributed by atoms with Crippen LogP contribution in [0.3, 0.4) is 0 Å². The topological polar surface area (TPSA) is 29.1 Å². The summed E-state index contributed by atoms with van der Waals surface area (Å²) in [5, 5.41) is 2.79. The van der Waals surface area contributed by atoms with E-state index < -0.39 is 5.82 Å². The van der Waals surface area contributed by atoms with Crippen LogP contribution in [-0.4, -0.2) is 11.7 Å². The lowest BCUT2D eigenvalue weighted by Crippen LogP contribution is -2.12. The molecule has 0 radical (unpaired) electrons. The van der Waals surface area contributed by atoms with Crippen LogP contribution in [0.5, 0.6) is 0 Å². The molecular weight excluding hydrogens is 225 g/mol. The Labute approximate surface area is 91.9 Å². The molecule has 1 N–H and O–H groups in total. The number of amides is 1. The van der Waals surface area contributed by atoms with Crippen LogP contribution in [0.15, 0.2) is 18.2 Å². The largest absolute Gasteiger partial charge is 0.324 e. The molecule has 1 rings (SSSR count). The molecule has 1 aromatic rings. The fraction of sp³-hybridized carbons (Fsp3) is 0.222. The van der Waals surface area contributed by atoms with Crippen molar-refractivity contribution in [2.45, 2.75) is 6.42 Å². The van der Waals surface area contributed by atoms with Crippen molar-refractivity contribution in [2.75, 3.05) is 11.1 Å². The first-order chi connectivity index (χ1) is 6.63. The van der Waals surface area contributed by atoms with E-state index in [-0.39, 0.29) is 18.0 Å². The Morgan fingerprint density at radius 3 is 2.93 bits per heavy atom. The lowest BCUT2D eigenvalue weighted by molar-refractivity contribution is -0.115. The summed E-state index contributed by atoms with van der Waals surface area (Å²) in [7, 11) is 0. The van der Waals surface area contributed by atoms with E-state index in [2.05, 4.69) is 17.9 Å². The molecule has 2 nitrogen and oxygen atoms in total. The zero-order chi connectivity index (χ0) is 10.6. The number of nitrogens with one attached hydrogen (secondary N) is 1. The minimum atomic E-state index is -0.498. The highest BCUT2D eigenvalue weighted by Crippen LogP contribution is 2.19. The molecule has 14 heavy (non-hydrogen) atoms. The third-order valence-corrected chi connectivity index (χ3v) is 2.00. The maximum Gasteiger partial charge on any atom is 0.225 e. The van der Waals surface area contributed by atoms with Crippen molar-refractivity contribution in [2.24, 2.45) is 0 Å². The van der Waals surface area contributed by atoms with E-state index in [0.717, 1.165) is 0 Å². The second-order valence-corrected chi connectivity index (χ2v) is 3.53. The Hall–Kier alpha value is -0.740. The van der Waals surface area contributed by atoms with Gasteiger partial charge in [-0.05, 0) is 24.0 Å². The standard InChI is InChI=1S/C9H9ClFNOS/c10-6-1-2-7(11)8(5-6)12-9(13)3-4-14/h1-2,5,14H,3-4H2,(H,12,13). The van der Waals surface area contributed by atoms with E-state index in [1.54, 1.807) is 0 Å². The zero-order valence-corrected chi connectivity index (χ0v) is 8.91. The van der Waals surface area contributed by atoms with Gasteiger partial charge >= 0.3 is 0 Å². The van der Waals surface area contributed by atoms with Crippen LogP contribution in [0.4, 0.5) is 10.1 Å². The molecule has 5 heteroatoms. The van der Waals surface area contributed by atoms with Gasteiger partial charge in [0.1, 0.15) is 5.82 Å². The van der Waals surface area contributed by atoms with Crippen LogP contribution in [0.1, 0.15) is 6.42 Å². The van der Waals surface area contributed by atoms with Gasteiger partial charge in [0.25, 0.3) is 0 Å². The van der Waals surface area contributed by atoms with Gasteiger partial charge in [-0.25, -0.2) is 4.39 Å². The number of thiol groups is 1. The normalized spacial score (nSPS) is 9.93. The van der Waals surface area contributed by atoms with Crippen molar-refractivity contribution in [3.8, 4) is 0 Å². The van der Waals surface area contributed by atoms with Crippen molar-refractivity contribution in [1.29, 1.82) is 0 Å². The molecular formula is C9H9ClFNOS. The Morgan fingerprint density at radius 1 is 1.57 bits per heavy atom. The fourth-order valence-corrected chi connectivity index (χ4v) is 1.28. The minimum Gasteiger partial charge on any atom is -0.324 e. The molecule has 0 spiro atoms. The third kappa shape index (κ3) is 3.20. The van der Waals surface area contributed by atoms with Crippen molar-refractivity contribution in [3.63, 3.8) is 0 Å². The highest BCUT2D eigenvalue weighted by Gasteiger charge is 2.06. The number of hydrogen-bond donors (Lipinski definition) is 2. The number of halogens is 2. The molecule has 1 aromatic carbocycles. The van der Waals surface area contributed by atoms with Gasteiger partial charge in [0.15, 0.2) is 0 Å². The van der Waals surface area contributed by atoms with Crippen LogP contribution in [0.2, 0.25) is 5.02 Å². The molecule has 0 saturated carbocycles.